The standard InChI is InChI=1S/C35H23BFN3/c37-21-14-28-31-29(15-21)40-33-22-5-2-1-4-18(22)12-13-24(33)23-6-3-7-26(34(23)40)36(31)32-30-20-10-8-19(9-11-20)25(30)16-27-35(32)39(28)17-38-27/h1-7,12-17,19-20H,8-11H2. The summed E-state index contributed by atoms with van der Waals surface area (Å²) in [6, 6.07) is 25.8. The summed E-state index contributed by atoms with van der Waals surface area (Å²) in [4.78, 5) is 4.94. The maximum atomic E-state index is 15.7. The lowest BCUT2D eigenvalue weighted by Crippen LogP contribution is -2.61. The SMILES string of the molecule is Fc1cc2c3c(c1)-n1c4c(cccc4c4ccc5ccccc5c41)B3c1c3c(cc4ncn-2c14)C1CCC3CC1. The Balaban J connectivity index is 1.40. The van der Waals surface area contributed by atoms with E-state index in [-0.39, 0.29) is 12.5 Å². The quantitative estimate of drug-likeness (QED) is 0.217. The molecule has 3 aliphatic carbocycles. The highest BCUT2D eigenvalue weighted by Crippen LogP contribution is 2.50. The van der Waals surface area contributed by atoms with Crippen LogP contribution in [0.5, 0.6) is 0 Å². The molecule has 1 fully saturated rings. The van der Waals surface area contributed by atoms with E-state index in [2.05, 4.69) is 69.8 Å². The highest BCUT2D eigenvalue weighted by atomic mass is 19.1. The summed E-state index contributed by atoms with van der Waals surface area (Å²) in [5.74, 6) is 1.03. The number of fused-ring (bicyclic) bond motifs is 11. The molecule has 0 amide bonds. The Kier molecular flexibility index (Phi) is 3.42. The second-order valence-corrected chi connectivity index (χ2v) is 12.4. The lowest BCUT2D eigenvalue weighted by molar-refractivity contribution is 0.360. The first kappa shape index (κ1) is 20.5. The van der Waals surface area contributed by atoms with Gasteiger partial charge in [-0.2, -0.15) is 0 Å². The van der Waals surface area contributed by atoms with Crippen molar-refractivity contribution in [1.82, 2.24) is 14.1 Å². The normalized spacial score (nSPS) is 19.7. The third-order valence-corrected chi connectivity index (χ3v) is 10.7. The Labute approximate surface area is 229 Å². The minimum Gasteiger partial charge on any atom is -0.309 e. The number of hydrogen-bond donors (Lipinski definition) is 0. The fourth-order valence-corrected chi connectivity index (χ4v) is 9.26. The van der Waals surface area contributed by atoms with E-state index >= 15 is 4.39 Å². The van der Waals surface area contributed by atoms with Crippen LogP contribution in [0.2, 0.25) is 0 Å². The van der Waals surface area contributed by atoms with E-state index in [0.29, 0.717) is 11.8 Å². The Morgan fingerprint density at radius 2 is 1.52 bits per heavy atom. The maximum Gasteiger partial charge on any atom is 0.252 e. The molecule has 188 valence electrons. The van der Waals surface area contributed by atoms with Gasteiger partial charge in [-0.05, 0) is 88.6 Å². The smallest absolute Gasteiger partial charge is 0.252 e. The number of para-hydroxylation sites is 1. The molecule has 2 bridgehead atoms. The van der Waals surface area contributed by atoms with Gasteiger partial charge >= 0.3 is 0 Å². The van der Waals surface area contributed by atoms with Crippen LogP contribution in [0.4, 0.5) is 4.39 Å². The van der Waals surface area contributed by atoms with Gasteiger partial charge < -0.3 is 4.57 Å². The van der Waals surface area contributed by atoms with Gasteiger partial charge in [0, 0.05) is 33.1 Å². The zero-order chi connectivity index (χ0) is 25.9. The molecule has 0 radical (unpaired) electrons. The van der Waals surface area contributed by atoms with Gasteiger partial charge in [0.2, 0.25) is 0 Å². The number of imidazole rings is 1. The van der Waals surface area contributed by atoms with Gasteiger partial charge in [0.05, 0.1) is 16.6 Å². The van der Waals surface area contributed by atoms with E-state index in [4.69, 9.17) is 4.98 Å². The number of halogens is 1. The van der Waals surface area contributed by atoms with E-state index in [1.807, 2.05) is 6.33 Å². The maximum absolute atomic E-state index is 15.7. The number of nitrogens with zero attached hydrogens (tertiary/aromatic N) is 3. The highest BCUT2D eigenvalue weighted by molar-refractivity contribution is 7.00. The number of benzene rings is 5. The van der Waals surface area contributed by atoms with Crippen LogP contribution >= 0.6 is 0 Å². The van der Waals surface area contributed by atoms with Crippen molar-refractivity contribution >= 4 is 66.7 Å². The molecule has 5 aromatic carbocycles. The van der Waals surface area contributed by atoms with Crippen LogP contribution in [0.25, 0.3) is 55.0 Å². The van der Waals surface area contributed by atoms with Crippen molar-refractivity contribution < 1.29 is 4.39 Å². The molecular weight excluding hydrogens is 492 g/mol. The average molecular weight is 515 g/mol. The van der Waals surface area contributed by atoms with Gasteiger partial charge in [0.25, 0.3) is 6.71 Å². The molecular formula is C35H23BFN3. The van der Waals surface area contributed by atoms with Gasteiger partial charge in [-0.3, -0.25) is 4.57 Å². The summed E-state index contributed by atoms with van der Waals surface area (Å²) < 4.78 is 20.3. The van der Waals surface area contributed by atoms with E-state index in [1.54, 1.807) is 17.7 Å². The first-order valence-corrected chi connectivity index (χ1v) is 14.6. The summed E-state index contributed by atoms with van der Waals surface area (Å²) >= 11 is 0. The largest absolute Gasteiger partial charge is 0.309 e. The minimum atomic E-state index is -0.204. The van der Waals surface area contributed by atoms with Crippen LogP contribution in [0.1, 0.15) is 48.6 Å². The number of rotatable bonds is 0. The Hall–Kier alpha value is -4.38. The summed E-state index contributed by atoms with van der Waals surface area (Å²) in [6.45, 7) is 0.0679. The molecule has 0 unspecified atom stereocenters. The van der Waals surface area contributed by atoms with E-state index < -0.39 is 0 Å². The van der Waals surface area contributed by atoms with Gasteiger partial charge in [0.1, 0.15) is 12.1 Å². The molecule has 5 aliphatic rings. The molecule has 0 saturated heterocycles. The summed E-state index contributed by atoms with van der Waals surface area (Å²) in [6.07, 6.45) is 7.06. The summed E-state index contributed by atoms with van der Waals surface area (Å²) in [5, 5.41) is 4.88. The first-order chi connectivity index (χ1) is 19.8. The molecule has 40 heavy (non-hydrogen) atoms. The fraction of sp³-hybridized carbons (Fsp3) is 0.171. The molecule has 12 rings (SSSR count). The lowest BCUT2D eigenvalue weighted by Gasteiger charge is -2.42. The molecule has 4 heterocycles. The van der Waals surface area contributed by atoms with E-state index in [9.17, 15) is 0 Å². The third-order valence-electron chi connectivity index (χ3n) is 10.7. The summed E-state index contributed by atoms with van der Waals surface area (Å²) in [7, 11) is 0. The van der Waals surface area contributed by atoms with Gasteiger partial charge in [-0.15, -0.1) is 0 Å². The second kappa shape index (κ2) is 6.67. The van der Waals surface area contributed by atoms with Crippen molar-refractivity contribution in [3.05, 3.63) is 96.1 Å². The Bertz CT molecular complexity index is 2320. The van der Waals surface area contributed by atoms with Crippen LogP contribution in [0.3, 0.4) is 0 Å². The average Bonchev–Trinajstić information content (AvgIpc) is 3.58. The van der Waals surface area contributed by atoms with Crippen molar-refractivity contribution in [1.29, 1.82) is 0 Å². The van der Waals surface area contributed by atoms with Crippen molar-refractivity contribution in [3.8, 4) is 11.4 Å². The van der Waals surface area contributed by atoms with E-state index in [0.717, 1.165) is 16.9 Å². The fourth-order valence-electron chi connectivity index (χ4n) is 9.26. The Morgan fingerprint density at radius 3 is 2.45 bits per heavy atom. The van der Waals surface area contributed by atoms with E-state index in [1.165, 1.54) is 85.7 Å². The van der Waals surface area contributed by atoms with Crippen LogP contribution < -0.4 is 16.4 Å². The van der Waals surface area contributed by atoms with Gasteiger partial charge in [-0.1, -0.05) is 54.6 Å². The molecule has 7 aromatic rings. The monoisotopic (exact) mass is 515 g/mol. The highest BCUT2D eigenvalue weighted by Gasteiger charge is 2.45. The number of hydrogen-bond acceptors (Lipinski definition) is 1. The van der Waals surface area contributed by atoms with Crippen molar-refractivity contribution in [2.75, 3.05) is 0 Å². The number of aromatic nitrogens is 3. The van der Waals surface area contributed by atoms with Crippen LogP contribution in [-0.4, -0.2) is 20.8 Å². The molecule has 5 heteroatoms. The van der Waals surface area contributed by atoms with Crippen molar-refractivity contribution in [3.63, 3.8) is 0 Å². The zero-order valence-electron chi connectivity index (χ0n) is 21.8. The molecule has 3 nitrogen and oxygen atoms in total. The molecule has 2 aliphatic heterocycles. The van der Waals surface area contributed by atoms with Crippen LogP contribution in [0, 0.1) is 5.82 Å². The first-order valence-electron chi connectivity index (χ1n) is 14.6. The van der Waals surface area contributed by atoms with Crippen LogP contribution in [0.15, 0.2) is 79.1 Å². The zero-order valence-corrected chi connectivity index (χ0v) is 21.8. The van der Waals surface area contributed by atoms with Crippen molar-refractivity contribution in [2.24, 2.45) is 0 Å². The predicted octanol–water partition coefficient (Wildman–Crippen LogP) is 6.31. The molecule has 2 aromatic heterocycles. The summed E-state index contributed by atoms with van der Waals surface area (Å²) in [5.41, 5.74) is 13.6. The minimum absolute atomic E-state index is 0.0679. The molecule has 1 saturated carbocycles. The van der Waals surface area contributed by atoms with Crippen LogP contribution in [-0.2, 0) is 0 Å². The molecule has 0 N–H and O–H groups in total. The predicted molar refractivity (Wildman–Crippen MR) is 161 cm³/mol. The third kappa shape index (κ3) is 2.16. The second-order valence-electron chi connectivity index (χ2n) is 12.4. The Morgan fingerprint density at radius 1 is 0.725 bits per heavy atom. The van der Waals surface area contributed by atoms with Crippen molar-refractivity contribution in [2.45, 2.75) is 37.5 Å². The molecule has 0 atom stereocenters. The van der Waals surface area contributed by atoms with Gasteiger partial charge in [0.15, 0.2) is 0 Å². The lowest BCUT2D eigenvalue weighted by atomic mass is 9.32. The van der Waals surface area contributed by atoms with Gasteiger partial charge in [-0.25, -0.2) is 9.37 Å². The molecule has 0 spiro atoms. The topological polar surface area (TPSA) is 22.8 Å².